The van der Waals surface area contributed by atoms with E-state index in [0.717, 1.165) is 15.6 Å². The van der Waals surface area contributed by atoms with E-state index in [2.05, 4.69) is 15.5 Å². The molecule has 23 heavy (non-hydrogen) atoms. The maximum absolute atomic E-state index is 11.6. The number of hydrogen-bond donors (Lipinski definition) is 1. The summed E-state index contributed by atoms with van der Waals surface area (Å²) in [6, 6.07) is 16.9. The van der Waals surface area contributed by atoms with Gasteiger partial charge in [-0.05, 0) is 18.2 Å². The summed E-state index contributed by atoms with van der Waals surface area (Å²) in [6.45, 7) is 0.321. The molecule has 5 nitrogen and oxygen atoms in total. The van der Waals surface area contributed by atoms with E-state index in [-0.39, 0.29) is 5.91 Å². The molecular weight excluding hydrogens is 310 g/mol. The van der Waals surface area contributed by atoms with Crippen LogP contribution in [-0.4, -0.2) is 23.2 Å². The molecule has 0 spiro atoms. The number of nitrogens with one attached hydrogen (secondary N) is 1. The summed E-state index contributed by atoms with van der Waals surface area (Å²) in [7, 11) is 1.60. The number of nitrogens with zero attached hydrogens (tertiary/aromatic N) is 2. The average molecular weight is 325 g/mol. The summed E-state index contributed by atoms with van der Waals surface area (Å²) in [5.41, 5.74) is 1.60. The summed E-state index contributed by atoms with van der Waals surface area (Å²) in [4.78, 5) is 11.6. The van der Waals surface area contributed by atoms with Gasteiger partial charge in [0.15, 0.2) is 5.01 Å². The zero-order valence-corrected chi connectivity index (χ0v) is 13.3. The van der Waals surface area contributed by atoms with Crippen LogP contribution < -0.4 is 10.1 Å². The highest BCUT2D eigenvalue weighted by Crippen LogP contribution is 2.24. The Morgan fingerprint density at radius 3 is 2.74 bits per heavy atom. The number of benzene rings is 2. The smallest absolute Gasteiger partial charge is 0.251 e. The second kappa shape index (κ2) is 7.02. The number of rotatable bonds is 5. The van der Waals surface area contributed by atoms with Crippen molar-refractivity contribution in [3.63, 3.8) is 0 Å². The maximum atomic E-state index is 11.6. The lowest BCUT2D eigenvalue weighted by Crippen LogP contribution is -2.17. The molecule has 0 radical (unpaired) electrons. The zero-order chi connectivity index (χ0) is 16.1. The Morgan fingerprint density at radius 2 is 1.96 bits per heavy atom. The van der Waals surface area contributed by atoms with Crippen molar-refractivity contribution in [3.05, 3.63) is 65.2 Å². The molecule has 0 saturated heterocycles. The number of ether oxygens (including phenoxy) is 1. The normalized spacial score (nSPS) is 10.3. The first-order chi connectivity index (χ1) is 11.3. The molecule has 1 heterocycles. The van der Waals surface area contributed by atoms with Crippen molar-refractivity contribution in [2.75, 3.05) is 7.05 Å². The van der Waals surface area contributed by atoms with Crippen LogP contribution in [0.5, 0.6) is 5.75 Å². The second-order valence-corrected chi connectivity index (χ2v) is 5.82. The predicted octanol–water partition coefficient (Wildman–Crippen LogP) is 3.14. The molecule has 0 atom stereocenters. The molecule has 1 amide bonds. The van der Waals surface area contributed by atoms with Crippen molar-refractivity contribution in [1.29, 1.82) is 0 Å². The number of hydrogen-bond acceptors (Lipinski definition) is 5. The molecule has 0 bridgehead atoms. The van der Waals surface area contributed by atoms with Crippen molar-refractivity contribution in [1.82, 2.24) is 15.5 Å². The minimum atomic E-state index is -0.141. The van der Waals surface area contributed by atoms with Crippen LogP contribution >= 0.6 is 11.3 Å². The SMILES string of the molecule is CNC(=O)c1cccc(OCc2nnc(-c3ccccc3)s2)c1. The van der Waals surface area contributed by atoms with Crippen molar-refractivity contribution in [3.8, 4) is 16.3 Å². The van der Waals surface area contributed by atoms with Crippen LogP contribution in [0.3, 0.4) is 0 Å². The van der Waals surface area contributed by atoms with E-state index >= 15 is 0 Å². The highest BCUT2D eigenvalue weighted by molar-refractivity contribution is 7.14. The molecular formula is C17H15N3O2S. The molecule has 0 aliphatic carbocycles. The fourth-order valence-electron chi connectivity index (χ4n) is 2.03. The highest BCUT2D eigenvalue weighted by atomic mass is 32.1. The molecule has 1 N–H and O–H groups in total. The molecule has 1 aromatic heterocycles. The Bertz CT molecular complexity index is 802. The van der Waals surface area contributed by atoms with Crippen molar-refractivity contribution in [2.24, 2.45) is 0 Å². The van der Waals surface area contributed by atoms with Gasteiger partial charge in [0.05, 0.1) is 0 Å². The van der Waals surface area contributed by atoms with Crippen LogP contribution in [0.25, 0.3) is 10.6 Å². The van der Waals surface area contributed by atoms with Gasteiger partial charge < -0.3 is 10.1 Å². The molecule has 0 unspecified atom stereocenters. The van der Waals surface area contributed by atoms with Gasteiger partial charge in [-0.25, -0.2) is 0 Å². The van der Waals surface area contributed by atoms with Gasteiger partial charge in [-0.2, -0.15) is 0 Å². The van der Waals surface area contributed by atoms with Gasteiger partial charge in [-0.3, -0.25) is 4.79 Å². The summed E-state index contributed by atoms with van der Waals surface area (Å²) >= 11 is 1.49. The van der Waals surface area contributed by atoms with Crippen LogP contribution in [0.1, 0.15) is 15.4 Å². The van der Waals surface area contributed by atoms with Gasteiger partial charge in [0, 0.05) is 18.2 Å². The lowest BCUT2D eigenvalue weighted by atomic mass is 10.2. The first-order valence-electron chi connectivity index (χ1n) is 7.09. The summed E-state index contributed by atoms with van der Waals surface area (Å²) in [5.74, 6) is 0.486. The van der Waals surface area contributed by atoms with Gasteiger partial charge >= 0.3 is 0 Å². The van der Waals surface area contributed by atoms with Crippen LogP contribution in [0.2, 0.25) is 0 Å². The molecule has 3 aromatic rings. The molecule has 0 fully saturated rings. The van der Waals surface area contributed by atoms with Crippen molar-refractivity contribution >= 4 is 17.2 Å². The van der Waals surface area contributed by atoms with Crippen molar-refractivity contribution in [2.45, 2.75) is 6.61 Å². The average Bonchev–Trinajstić information content (AvgIpc) is 3.09. The van der Waals surface area contributed by atoms with E-state index in [1.807, 2.05) is 36.4 Å². The molecule has 6 heteroatoms. The topological polar surface area (TPSA) is 64.1 Å². The zero-order valence-electron chi connectivity index (χ0n) is 12.5. The fraction of sp³-hybridized carbons (Fsp3) is 0.118. The fourth-order valence-corrected chi connectivity index (χ4v) is 2.78. The first-order valence-corrected chi connectivity index (χ1v) is 7.90. The van der Waals surface area contributed by atoms with Gasteiger partial charge in [-0.15, -0.1) is 10.2 Å². The van der Waals surface area contributed by atoms with Gasteiger partial charge in [0.2, 0.25) is 0 Å². The minimum absolute atomic E-state index is 0.141. The molecule has 0 saturated carbocycles. The molecule has 2 aromatic carbocycles. The highest BCUT2D eigenvalue weighted by Gasteiger charge is 2.08. The Labute approximate surface area is 138 Å². The number of carbonyl (C=O) groups is 1. The van der Waals surface area contributed by atoms with E-state index in [1.54, 1.807) is 25.2 Å². The van der Waals surface area contributed by atoms with Crippen LogP contribution in [0, 0.1) is 0 Å². The van der Waals surface area contributed by atoms with E-state index in [4.69, 9.17) is 4.74 Å². The maximum Gasteiger partial charge on any atom is 0.251 e. The predicted molar refractivity (Wildman–Crippen MR) is 89.5 cm³/mol. The summed E-state index contributed by atoms with van der Waals surface area (Å²) < 4.78 is 5.70. The van der Waals surface area contributed by atoms with Crippen LogP contribution in [0.4, 0.5) is 0 Å². The molecule has 116 valence electrons. The third-order valence-corrected chi connectivity index (χ3v) is 4.12. The first kappa shape index (κ1) is 15.2. The summed E-state index contributed by atoms with van der Waals surface area (Å²) in [5, 5.41) is 12.6. The molecule has 3 rings (SSSR count). The third-order valence-electron chi connectivity index (χ3n) is 3.17. The van der Waals surface area contributed by atoms with Crippen molar-refractivity contribution < 1.29 is 9.53 Å². The molecule has 0 aliphatic rings. The lowest BCUT2D eigenvalue weighted by molar-refractivity contribution is 0.0962. The third kappa shape index (κ3) is 3.73. The molecule has 0 aliphatic heterocycles. The Balaban J connectivity index is 1.67. The van der Waals surface area contributed by atoms with Gasteiger partial charge in [0.1, 0.15) is 17.4 Å². The van der Waals surface area contributed by atoms with Gasteiger partial charge in [0.25, 0.3) is 5.91 Å². The number of amides is 1. The van der Waals surface area contributed by atoms with Crippen LogP contribution in [0.15, 0.2) is 54.6 Å². The monoisotopic (exact) mass is 325 g/mol. The number of carbonyl (C=O) groups excluding carboxylic acids is 1. The Hall–Kier alpha value is -2.73. The number of aromatic nitrogens is 2. The quantitative estimate of drug-likeness (QED) is 0.783. The largest absolute Gasteiger partial charge is 0.486 e. The minimum Gasteiger partial charge on any atom is -0.486 e. The van der Waals surface area contributed by atoms with E-state index < -0.39 is 0 Å². The van der Waals surface area contributed by atoms with E-state index in [0.29, 0.717) is 17.9 Å². The lowest BCUT2D eigenvalue weighted by Gasteiger charge is -2.05. The van der Waals surface area contributed by atoms with Crippen LogP contribution in [-0.2, 0) is 6.61 Å². The second-order valence-electron chi connectivity index (χ2n) is 4.76. The van der Waals surface area contributed by atoms with E-state index in [9.17, 15) is 4.79 Å². The standard InChI is InChI=1S/C17H15N3O2S/c1-18-16(21)13-8-5-9-14(10-13)22-11-15-19-20-17(23-15)12-6-3-2-4-7-12/h2-10H,11H2,1H3,(H,18,21). The van der Waals surface area contributed by atoms with Gasteiger partial charge in [-0.1, -0.05) is 47.7 Å². The Kier molecular flexibility index (Phi) is 4.63. The summed E-state index contributed by atoms with van der Waals surface area (Å²) in [6.07, 6.45) is 0. The Morgan fingerprint density at radius 1 is 1.13 bits per heavy atom. The van der Waals surface area contributed by atoms with E-state index in [1.165, 1.54) is 11.3 Å².